The highest BCUT2D eigenvalue weighted by Gasteiger charge is 2.26. The van der Waals surface area contributed by atoms with Crippen molar-refractivity contribution in [2.75, 3.05) is 7.11 Å². The number of carboxylic acids is 1. The molecule has 0 aromatic heterocycles. The predicted molar refractivity (Wildman–Crippen MR) is 56.5 cm³/mol. The van der Waals surface area contributed by atoms with E-state index in [0.29, 0.717) is 6.42 Å². The van der Waals surface area contributed by atoms with Crippen LogP contribution in [0.3, 0.4) is 0 Å². The number of carbonyl (C=O) groups excluding carboxylic acids is 1. The number of methoxy groups -OCH3 is 1. The van der Waals surface area contributed by atoms with Crippen LogP contribution in [0.25, 0.3) is 0 Å². The molecule has 1 unspecified atom stereocenters. The quantitative estimate of drug-likeness (QED) is 0.384. The lowest BCUT2D eigenvalue weighted by Crippen LogP contribution is -2.24. The molecule has 0 aliphatic heterocycles. The number of ether oxygens (including phenoxy) is 1. The number of carbonyl (C=O) groups is 2. The van der Waals surface area contributed by atoms with E-state index < -0.39 is 17.9 Å². The molecule has 4 nitrogen and oxygen atoms in total. The zero-order valence-electron chi connectivity index (χ0n) is 9.49. The van der Waals surface area contributed by atoms with Crippen LogP contribution in [0.1, 0.15) is 45.4 Å². The molecule has 1 N–H and O–H groups in total. The Hall–Kier alpha value is -1.06. The normalized spacial score (nSPS) is 12.1. The number of unbranched alkanes of at least 4 members (excludes halogenated alkanes) is 4. The van der Waals surface area contributed by atoms with Crippen molar-refractivity contribution in [2.45, 2.75) is 45.4 Å². The van der Waals surface area contributed by atoms with E-state index in [1.54, 1.807) is 0 Å². The van der Waals surface area contributed by atoms with Gasteiger partial charge < -0.3 is 9.84 Å². The van der Waals surface area contributed by atoms with Gasteiger partial charge in [0, 0.05) is 0 Å². The van der Waals surface area contributed by atoms with Gasteiger partial charge in [-0.25, -0.2) is 0 Å². The van der Waals surface area contributed by atoms with E-state index in [-0.39, 0.29) is 0 Å². The van der Waals surface area contributed by atoms with Gasteiger partial charge >= 0.3 is 11.9 Å². The first-order valence-electron chi connectivity index (χ1n) is 5.44. The Kier molecular flexibility index (Phi) is 7.68. The first kappa shape index (κ1) is 13.9. The minimum Gasteiger partial charge on any atom is -0.481 e. The number of aliphatic carboxylic acids is 1. The summed E-state index contributed by atoms with van der Waals surface area (Å²) in [5, 5.41) is 8.78. The molecule has 0 rings (SSSR count). The average molecular weight is 216 g/mol. The minimum absolute atomic E-state index is 0.381. The fourth-order valence-electron chi connectivity index (χ4n) is 1.44. The van der Waals surface area contributed by atoms with Crippen LogP contribution in [-0.4, -0.2) is 24.2 Å². The fraction of sp³-hybridized carbons (Fsp3) is 0.818. The van der Waals surface area contributed by atoms with E-state index in [9.17, 15) is 9.59 Å². The van der Waals surface area contributed by atoms with Gasteiger partial charge in [0.2, 0.25) is 0 Å². The third-order valence-corrected chi connectivity index (χ3v) is 2.38. The van der Waals surface area contributed by atoms with E-state index in [0.717, 1.165) is 32.1 Å². The van der Waals surface area contributed by atoms with Crippen molar-refractivity contribution in [2.24, 2.45) is 5.92 Å². The summed E-state index contributed by atoms with van der Waals surface area (Å²) in [6.07, 6.45) is 5.55. The van der Waals surface area contributed by atoms with Crippen LogP contribution in [0.5, 0.6) is 0 Å². The molecule has 0 aliphatic carbocycles. The van der Waals surface area contributed by atoms with Gasteiger partial charge in [-0.1, -0.05) is 39.0 Å². The Morgan fingerprint density at radius 3 is 2.27 bits per heavy atom. The Bertz CT molecular complexity index is 201. The molecule has 0 radical (unpaired) electrons. The smallest absolute Gasteiger partial charge is 0.320 e. The summed E-state index contributed by atoms with van der Waals surface area (Å²) < 4.78 is 4.43. The first-order chi connectivity index (χ1) is 7.13. The summed E-state index contributed by atoms with van der Waals surface area (Å²) in [4.78, 5) is 21.8. The number of carboxylic acid groups (broad SMARTS) is 1. The molecular formula is C11H20O4. The van der Waals surface area contributed by atoms with Gasteiger partial charge in [0.15, 0.2) is 5.92 Å². The summed E-state index contributed by atoms with van der Waals surface area (Å²) in [7, 11) is 1.22. The zero-order valence-corrected chi connectivity index (χ0v) is 9.49. The Labute approximate surface area is 90.6 Å². The van der Waals surface area contributed by atoms with Gasteiger partial charge in [0.25, 0.3) is 0 Å². The molecule has 0 fully saturated rings. The van der Waals surface area contributed by atoms with Gasteiger partial charge in [-0.3, -0.25) is 9.59 Å². The van der Waals surface area contributed by atoms with Gasteiger partial charge in [0.05, 0.1) is 7.11 Å². The molecule has 0 aromatic carbocycles. The average Bonchev–Trinajstić information content (AvgIpc) is 2.22. The van der Waals surface area contributed by atoms with Crippen LogP contribution in [-0.2, 0) is 14.3 Å². The second-order valence-corrected chi connectivity index (χ2v) is 3.62. The van der Waals surface area contributed by atoms with Crippen LogP contribution in [0, 0.1) is 5.92 Å². The van der Waals surface area contributed by atoms with Crippen molar-refractivity contribution in [3.8, 4) is 0 Å². The third-order valence-electron chi connectivity index (χ3n) is 2.38. The fourth-order valence-corrected chi connectivity index (χ4v) is 1.44. The lowest BCUT2D eigenvalue weighted by molar-refractivity contribution is -0.157. The van der Waals surface area contributed by atoms with Crippen molar-refractivity contribution in [3.05, 3.63) is 0 Å². The van der Waals surface area contributed by atoms with Crippen LogP contribution in [0.4, 0.5) is 0 Å². The highest BCUT2D eigenvalue weighted by atomic mass is 16.5. The summed E-state index contributed by atoms with van der Waals surface area (Å²) in [6, 6.07) is 0. The summed E-state index contributed by atoms with van der Waals surface area (Å²) in [6.45, 7) is 2.12. The van der Waals surface area contributed by atoms with Gasteiger partial charge in [0.1, 0.15) is 0 Å². The van der Waals surface area contributed by atoms with Crippen LogP contribution >= 0.6 is 0 Å². The van der Waals surface area contributed by atoms with E-state index in [1.807, 2.05) is 0 Å². The monoisotopic (exact) mass is 216 g/mol. The zero-order chi connectivity index (χ0) is 11.7. The SMILES string of the molecule is CCCCCCCC(C(=O)O)C(=O)OC. The molecule has 88 valence electrons. The molecule has 15 heavy (non-hydrogen) atoms. The highest BCUT2D eigenvalue weighted by Crippen LogP contribution is 2.13. The summed E-state index contributed by atoms with van der Waals surface area (Å²) in [5.41, 5.74) is 0. The van der Waals surface area contributed by atoms with Crippen LogP contribution in [0.15, 0.2) is 0 Å². The molecule has 0 bridgehead atoms. The third kappa shape index (κ3) is 6.10. The topological polar surface area (TPSA) is 63.6 Å². The first-order valence-corrected chi connectivity index (χ1v) is 5.44. The molecule has 0 saturated heterocycles. The van der Waals surface area contributed by atoms with Crippen molar-refractivity contribution in [1.29, 1.82) is 0 Å². The van der Waals surface area contributed by atoms with E-state index >= 15 is 0 Å². The standard InChI is InChI=1S/C11H20O4/c1-3-4-5-6-7-8-9(10(12)13)11(14)15-2/h9H,3-8H2,1-2H3,(H,12,13). The maximum Gasteiger partial charge on any atom is 0.320 e. The lowest BCUT2D eigenvalue weighted by Gasteiger charge is -2.09. The molecule has 0 heterocycles. The molecule has 1 atom stereocenters. The predicted octanol–water partition coefficient (Wildman–Crippen LogP) is 2.22. The second-order valence-electron chi connectivity index (χ2n) is 3.62. The molecule has 0 saturated carbocycles. The number of esters is 1. The molecule has 0 spiro atoms. The summed E-state index contributed by atoms with van der Waals surface area (Å²) in [5.74, 6) is -2.72. The second kappa shape index (κ2) is 8.26. The number of hydrogen-bond donors (Lipinski definition) is 1. The Balaban J connectivity index is 3.77. The summed E-state index contributed by atoms with van der Waals surface area (Å²) >= 11 is 0. The lowest BCUT2D eigenvalue weighted by atomic mass is 10.0. The van der Waals surface area contributed by atoms with E-state index in [4.69, 9.17) is 5.11 Å². The molecular weight excluding hydrogens is 196 g/mol. The highest BCUT2D eigenvalue weighted by molar-refractivity contribution is 5.93. The Morgan fingerprint density at radius 2 is 1.80 bits per heavy atom. The van der Waals surface area contributed by atoms with Crippen molar-refractivity contribution in [3.63, 3.8) is 0 Å². The van der Waals surface area contributed by atoms with Crippen LogP contribution < -0.4 is 0 Å². The minimum atomic E-state index is -1.09. The van der Waals surface area contributed by atoms with Gasteiger partial charge in [-0.05, 0) is 6.42 Å². The molecule has 0 aromatic rings. The van der Waals surface area contributed by atoms with Gasteiger partial charge in [-0.2, -0.15) is 0 Å². The van der Waals surface area contributed by atoms with Gasteiger partial charge in [-0.15, -0.1) is 0 Å². The van der Waals surface area contributed by atoms with E-state index in [2.05, 4.69) is 11.7 Å². The van der Waals surface area contributed by atoms with Crippen molar-refractivity contribution in [1.82, 2.24) is 0 Å². The van der Waals surface area contributed by atoms with Crippen molar-refractivity contribution < 1.29 is 19.4 Å². The van der Waals surface area contributed by atoms with Crippen LogP contribution in [0.2, 0.25) is 0 Å². The Morgan fingerprint density at radius 1 is 1.20 bits per heavy atom. The van der Waals surface area contributed by atoms with E-state index in [1.165, 1.54) is 7.11 Å². The largest absolute Gasteiger partial charge is 0.481 e. The molecule has 0 amide bonds. The number of hydrogen-bond acceptors (Lipinski definition) is 3. The molecule has 4 heteroatoms. The maximum absolute atomic E-state index is 11.1. The number of rotatable bonds is 8. The maximum atomic E-state index is 11.1. The van der Waals surface area contributed by atoms with Crippen molar-refractivity contribution >= 4 is 11.9 Å². The molecule has 0 aliphatic rings.